The Labute approximate surface area is 205 Å². The molecule has 9 heteroatoms. The number of rotatable bonds is 22. The second kappa shape index (κ2) is 22.0. The molecule has 0 saturated heterocycles. The van der Waals surface area contributed by atoms with E-state index in [0.29, 0.717) is 12.8 Å². The van der Waals surface area contributed by atoms with Gasteiger partial charge in [0, 0.05) is 12.8 Å². The standard InChI is InChI=1S/C25H45O8P/c1-3-5-7-8-9-10-11-12-13-14-15-16-18-20-25(27)33-23(22-32-34(28,29)30)21-31-24(26)19-17-6-4-2/h7-8,10-11,23H,3-6,9,12-22H2,1-2H3,(H2,28,29,30)/b8-7-,11-10-. The van der Waals surface area contributed by atoms with Crippen molar-refractivity contribution < 1.29 is 37.9 Å². The average molecular weight is 505 g/mol. The lowest BCUT2D eigenvalue weighted by Gasteiger charge is -2.18. The predicted molar refractivity (Wildman–Crippen MR) is 133 cm³/mol. The van der Waals surface area contributed by atoms with Gasteiger partial charge in [-0.05, 0) is 38.5 Å². The van der Waals surface area contributed by atoms with E-state index < -0.39 is 32.5 Å². The molecule has 0 aliphatic carbocycles. The van der Waals surface area contributed by atoms with Gasteiger partial charge in [-0.3, -0.25) is 14.1 Å². The first-order valence-corrected chi connectivity index (χ1v) is 14.2. The Morgan fingerprint density at radius 1 is 0.765 bits per heavy atom. The highest BCUT2D eigenvalue weighted by Crippen LogP contribution is 2.35. The van der Waals surface area contributed by atoms with Crippen LogP contribution in [-0.4, -0.2) is 41.0 Å². The van der Waals surface area contributed by atoms with Crippen LogP contribution in [0.2, 0.25) is 0 Å². The van der Waals surface area contributed by atoms with Crippen LogP contribution in [0.4, 0.5) is 0 Å². The quantitative estimate of drug-likeness (QED) is 0.0778. The van der Waals surface area contributed by atoms with Gasteiger partial charge in [-0.25, -0.2) is 4.57 Å². The van der Waals surface area contributed by atoms with Gasteiger partial charge in [-0.1, -0.05) is 76.7 Å². The van der Waals surface area contributed by atoms with Crippen molar-refractivity contribution >= 4 is 19.8 Å². The van der Waals surface area contributed by atoms with Crippen LogP contribution < -0.4 is 0 Å². The summed E-state index contributed by atoms with van der Waals surface area (Å²) in [5.74, 6) is -0.936. The van der Waals surface area contributed by atoms with Crippen LogP contribution in [-0.2, 0) is 28.2 Å². The lowest BCUT2D eigenvalue weighted by molar-refractivity contribution is -0.161. The molecule has 0 aromatic heterocycles. The van der Waals surface area contributed by atoms with Gasteiger partial charge in [0.05, 0.1) is 6.61 Å². The summed E-state index contributed by atoms with van der Waals surface area (Å²) in [4.78, 5) is 41.6. The molecule has 0 aromatic rings. The van der Waals surface area contributed by atoms with Crippen molar-refractivity contribution in [1.29, 1.82) is 0 Å². The third-order valence-corrected chi connectivity index (χ3v) is 5.44. The maximum Gasteiger partial charge on any atom is 0.469 e. The van der Waals surface area contributed by atoms with Crippen LogP contribution in [0.3, 0.4) is 0 Å². The Balaban J connectivity index is 4.06. The summed E-state index contributed by atoms with van der Waals surface area (Å²) >= 11 is 0. The summed E-state index contributed by atoms with van der Waals surface area (Å²) < 4.78 is 25.7. The van der Waals surface area contributed by atoms with E-state index in [9.17, 15) is 14.2 Å². The largest absolute Gasteiger partial charge is 0.469 e. The topological polar surface area (TPSA) is 119 Å². The first kappa shape index (κ1) is 32.5. The van der Waals surface area contributed by atoms with E-state index in [1.807, 2.05) is 6.92 Å². The number of carbonyl (C=O) groups is 2. The molecule has 0 amide bonds. The third-order valence-electron chi connectivity index (χ3n) is 4.95. The zero-order valence-electron chi connectivity index (χ0n) is 21.0. The minimum Gasteiger partial charge on any atom is -0.462 e. The second-order valence-electron chi connectivity index (χ2n) is 8.31. The molecule has 8 nitrogen and oxygen atoms in total. The van der Waals surface area contributed by atoms with E-state index in [2.05, 4.69) is 35.8 Å². The molecule has 0 aromatic carbocycles. The molecular formula is C25H45O8P. The minimum atomic E-state index is -4.72. The number of hydrogen-bond donors (Lipinski definition) is 2. The van der Waals surface area contributed by atoms with Gasteiger partial charge in [-0.2, -0.15) is 0 Å². The van der Waals surface area contributed by atoms with E-state index >= 15 is 0 Å². The van der Waals surface area contributed by atoms with Crippen molar-refractivity contribution in [2.45, 2.75) is 110 Å². The first-order valence-electron chi connectivity index (χ1n) is 12.6. The Hall–Kier alpha value is -1.47. The monoisotopic (exact) mass is 504 g/mol. The van der Waals surface area contributed by atoms with Gasteiger partial charge in [0.2, 0.25) is 0 Å². The van der Waals surface area contributed by atoms with E-state index in [1.165, 1.54) is 6.42 Å². The summed E-state index contributed by atoms with van der Waals surface area (Å²) in [5, 5.41) is 0. The van der Waals surface area contributed by atoms with Crippen molar-refractivity contribution in [3.63, 3.8) is 0 Å². The fraction of sp³-hybridized carbons (Fsp3) is 0.760. The minimum absolute atomic E-state index is 0.195. The number of phosphoric ester groups is 1. The number of unbranched alkanes of at least 4 members (excludes halogenated alkanes) is 8. The van der Waals surface area contributed by atoms with Gasteiger partial charge in [-0.15, -0.1) is 0 Å². The Kier molecular flexibility index (Phi) is 21.1. The van der Waals surface area contributed by atoms with Crippen LogP contribution >= 0.6 is 7.82 Å². The molecule has 2 N–H and O–H groups in total. The SMILES string of the molecule is CCC/C=C\C/C=C\CCCCCCCC(=O)OC(COC(=O)CCCCC)COP(=O)(O)O. The fourth-order valence-electron chi connectivity index (χ4n) is 3.05. The predicted octanol–water partition coefficient (Wildman–Crippen LogP) is 6.16. The van der Waals surface area contributed by atoms with Crippen LogP contribution in [0.25, 0.3) is 0 Å². The molecule has 0 fully saturated rings. The van der Waals surface area contributed by atoms with Crippen LogP contribution in [0, 0.1) is 0 Å². The summed E-state index contributed by atoms with van der Waals surface area (Å²) in [6.45, 7) is 3.35. The summed E-state index contributed by atoms with van der Waals surface area (Å²) in [5.41, 5.74) is 0. The molecule has 0 saturated carbocycles. The Morgan fingerprint density at radius 3 is 2.06 bits per heavy atom. The normalized spacial score (nSPS) is 12.9. The molecule has 1 atom stereocenters. The maximum atomic E-state index is 12.1. The van der Waals surface area contributed by atoms with Crippen LogP contribution in [0.1, 0.15) is 104 Å². The Bertz CT molecular complexity index is 626. The summed E-state index contributed by atoms with van der Waals surface area (Å²) in [6, 6.07) is 0. The van der Waals surface area contributed by atoms with Crippen molar-refractivity contribution in [3.05, 3.63) is 24.3 Å². The fourth-order valence-corrected chi connectivity index (χ4v) is 3.41. The molecule has 1 unspecified atom stereocenters. The number of hydrogen-bond acceptors (Lipinski definition) is 6. The van der Waals surface area contributed by atoms with E-state index in [-0.39, 0.29) is 19.4 Å². The van der Waals surface area contributed by atoms with Crippen molar-refractivity contribution in [3.8, 4) is 0 Å². The van der Waals surface area contributed by atoms with Gasteiger partial charge >= 0.3 is 19.8 Å². The molecule has 0 spiro atoms. The smallest absolute Gasteiger partial charge is 0.462 e. The number of phosphoric acid groups is 1. The molecule has 0 heterocycles. The van der Waals surface area contributed by atoms with Gasteiger partial charge in [0.1, 0.15) is 6.61 Å². The zero-order chi connectivity index (χ0) is 25.5. The van der Waals surface area contributed by atoms with Gasteiger partial charge < -0.3 is 19.3 Å². The number of ether oxygens (including phenoxy) is 2. The highest BCUT2D eigenvalue weighted by Gasteiger charge is 2.22. The molecule has 0 bridgehead atoms. The first-order chi connectivity index (χ1) is 16.3. The van der Waals surface area contributed by atoms with Crippen molar-refractivity contribution in [2.75, 3.05) is 13.2 Å². The molecule has 34 heavy (non-hydrogen) atoms. The van der Waals surface area contributed by atoms with Crippen molar-refractivity contribution in [1.82, 2.24) is 0 Å². The molecule has 0 aliphatic heterocycles. The summed E-state index contributed by atoms with van der Waals surface area (Å²) in [7, 11) is -4.72. The molecule has 0 radical (unpaired) electrons. The lowest BCUT2D eigenvalue weighted by atomic mass is 10.1. The third kappa shape index (κ3) is 23.7. The molecule has 198 valence electrons. The van der Waals surface area contributed by atoms with E-state index in [4.69, 9.17) is 19.3 Å². The molecule has 0 rings (SSSR count). The van der Waals surface area contributed by atoms with Gasteiger partial charge in [0.15, 0.2) is 6.10 Å². The number of allylic oxidation sites excluding steroid dienone is 4. The highest BCUT2D eigenvalue weighted by molar-refractivity contribution is 7.46. The van der Waals surface area contributed by atoms with E-state index in [0.717, 1.165) is 57.8 Å². The zero-order valence-corrected chi connectivity index (χ0v) is 21.9. The Morgan fingerprint density at radius 2 is 1.38 bits per heavy atom. The maximum absolute atomic E-state index is 12.1. The van der Waals surface area contributed by atoms with Crippen LogP contribution in [0.15, 0.2) is 24.3 Å². The molecule has 0 aliphatic rings. The van der Waals surface area contributed by atoms with Crippen LogP contribution in [0.5, 0.6) is 0 Å². The highest BCUT2D eigenvalue weighted by atomic mass is 31.2. The van der Waals surface area contributed by atoms with Crippen molar-refractivity contribution in [2.24, 2.45) is 0 Å². The number of esters is 2. The second-order valence-corrected chi connectivity index (χ2v) is 9.55. The average Bonchev–Trinajstić information content (AvgIpc) is 2.78. The van der Waals surface area contributed by atoms with Gasteiger partial charge in [0.25, 0.3) is 0 Å². The lowest BCUT2D eigenvalue weighted by Crippen LogP contribution is -2.29. The van der Waals surface area contributed by atoms with E-state index in [1.54, 1.807) is 0 Å². The summed E-state index contributed by atoms with van der Waals surface area (Å²) in [6.07, 6.45) is 19.9. The molecular weight excluding hydrogens is 459 g/mol. The number of carbonyl (C=O) groups excluding carboxylic acids is 2.